The van der Waals surface area contributed by atoms with E-state index in [0.717, 1.165) is 5.75 Å². The maximum atomic E-state index is 11.7. The lowest BCUT2D eigenvalue weighted by Crippen LogP contribution is -2.20. The van der Waals surface area contributed by atoms with Gasteiger partial charge >= 0.3 is 0 Å². The van der Waals surface area contributed by atoms with Crippen molar-refractivity contribution < 1.29 is 9.50 Å². The standard InChI is InChI=1S/C6H13FOS2/c1-6(8,2-3-7)10-5-4-9/h8-9H,2-5H2,1H3. The van der Waals surface area contributed by atoms with E-state index < -0.39 is 11.6 Å². The molecule has 10 heavy (non-hydrogen) atoms. The summed E-state index contributed by atoms with van der Waals surface area (Å²) in [6.45, 7) is 1.16. The van der Waals surface area contributed by atoms with Gasteiger partial charge in [0.25, 0.3) is 0 Å². The Kier molecular flexibility index (Phi) is 5.58. The minimum Gasteiger partial charge on any atom is -0.380 e. The van der Waals surface area contributed by atoms with Crippen LogP contribution in [0, 0.1) is 0 Å². The summed E-state index contributed by atoms with van der Waals surface area (Å²) in [6, 6.07) is 0. The highest BCUT2D eigenvalue weighted by molar-refractivity contribution is 8.01. The van der Waals surface area contributed by atoms with Crippen LogP contribution in [0.15, 0.2) is 0 Å². The molecule has 0 amide bonds. The Hall–Kier alpha value is 0.590. The van der Waals surface area contributed by atoms with E-state index >= 15 is 0 Å². The first-order valence-electron chi connectivity index (χ1n) is 3.15. The highest BCUT2D eigenvalue weighted by atomic mass is 32.2. The van der Waals surface area contributed by atoms with Gasteiger partial charge in [-0.1, -0.05) is 0 Å². The van der Waals surface area contributed by atoms with E-state index in [0.29, 0.717) is 5.75 Å². The van der Waals surface area contributed by atoms with Gasteiger partial charge in [0.2, 0.25) is 0 Å². The smallest absolute Gasteiger partial charge is 0.110 e. The lowest BCUT2D eigenvalue weighted by atomic mass is 10.3. The van der Waals surface area contributed by atoms with Gasteiger partial charge in [-0.2, -0.15) is 12.6 Å². The normalized spacial score (nSPS) is 16.8. The monoisotopic (exact) mass is 184 g/mol. The SMILES string of the molecule is CC(O)(CCF)SCCS. The van der Waals surface area contributed by atoms with Gasteiger partial charge in [-0.25, -0.2) is 0 Å². The van der Waals surface area contributed by atoms with Crippen LogP contribution < -0.4 is 0 Å². The molecule has 0 aromatic carbocycles. The predicted molar refractivity (Wildman–Crippen MR) is 47.5 cm³/mol. The largest absolute Gasteiger partial charge is 0.380 e. The molecule has 0 aliphatic rings. The molecule has 0 fully saturated rings. The third-order valence-electron chi connectivity index (χ3n) is 1.06. The summed E-state index contributed by atoms with van der Waals surface area (Å²) in [5.41, 5.74) is 0. The third kappa shape index (κ3) is 5.38. The van der Waals surface area contributed by atoms with Gasteiger partial charge in [-0.05, 0) is 12.7 Å². The van der Waals surface area contributed by atoms with Gasteiger partial charge < -0.3 is 5.11 Å². The van der Waals surface area contributed by atoms with Gasteiger partial charge in [0.05, 0.1) is 6.67 Å². The van der Waals surface area contributed by atoms with E-state index in [1.165, 1.54) is 11.8 Å². The molecule has 1 nitrogen and oxygen atoms in total. The van der Waals surface area contributed by atoms with Crippen molar-refractivity contribution in [3.05, 3.63) is 0 Å². The van der Waals surface area contributed by atoms with E-state index in [9.17, 15) is 9.50 Å². The number of thioether (sulfide) groups is 1. The van der Waals surface area contributed by atoms with Crippen molar-refractivity contribution in [1.29, 1.82) is 0 Å². The number of thiol groups is 1. The first-order chi connectivity index (χ1) is 4.62. The summed E-state index contributed by atoms with van der Waals surface area (Å²) in [5, 5.41) is 9.33. The lowest BCUT2D eigenvalue weighted by Gasteiger charge is -2.20. The second-order valence-electron chi connectivity index (χ2n) is 2.19. The molecule has 1 atom stereocenters. The number of aliphatic hydroxyl groups is 1. The van der Waals surface area contributed by atoms with Crippen LogP contribution in [0.2, 0.25) is 0 Å². The Bertz CT molecular complexity index is 87.8. The van der Waals surface area contributed by atoms with Crippen molar-refractivity contribution >= 4 is 24.4 Å². The Morgan fingerprint density at radius 1 is 1.70 bits per heavy atom. The number of alkyl halides is 1. The Morgan fingerprint density at radius 2 is 2.30 bits per heavy atom. The van der Waals surface area contributed by atoms with E-state index in [-0.39, 0.29) is 6.42 Å². The van der Waals surface area contributed by atoms with Crippen LogP contribution in [-0.4, -0.2) is 28.2 Å². The Balaban J connectivity index is 3.42. The number of halogens is 1. The third-order valence-corrected chi connectivity index (χ3v) is 2.82. The minimum absolute atomic E-state index is 0.200. The molecule has 0 bridgehead atoms. The van der Waals surface area contributed by atoms with Crippen molar-refractivity contribution in [2.45, 2.75) is 18.3 Å². The van der Waals surface area contributed by atoms with Crippen LogP contribution in [0.4, 0.5) is 4.39 Å². The molecule has 0 aliphatic carbocycles. The summed E-state index contributed by atoms with van der Waals surface area (Å²) < 4.78 is 11.7. The summed E-state index contributed by atoms with van der Waals surface area (Å²) in [5.74, 6) is 1.48. The highest BCUT2D eigenvalue weighted by Gasteiger charge is 2.19. The first-order valence-corrected chi connectivity index (χ1v) is 4.77. The van der Waals surface area contributed by atoms with Gasteiger partial charge in [-0.15, -0.1) is 11.8 Å². The average molecular weight is 184 g/mol. The van der Waals surface area contributed by atoms with Crippen molar-refractivity contribution in [3.63, 3.8) is 0 Å². The van der Waals surface area contributed by atoms with Gasteiger partial charge in [-0.3, -0.25) is 4.39 Å². The molecule has 0 rings (SSSR count). The second kappa shape index (κ2) is 5.27. The fourth-order valence-corrected chi connectivity index (χ4v) is 1.54. The molecule has 0 aliphatic heterocycles. The minimum atomic E-state index is -0.905. The van der Waals surface area contributed by atoms with E-state index in [4.69, 9.17) is 0 Å². The van der Waals surface area contributed by atoms with E-state index in [1.807, 2.05) is 0 Å². The lowest BCUT2D eigenvalue weighted by molar-refractivity contribution is 0.137. The fourth-order valence-electron chi connectivity index (χ4n) is 0.513. The van der Waals surface area contributed by atoms with Gasteiger partial charge in [0, 0.05) is 12.2 Å². The zero-order valence-corrected chi connectivity index (χ0v) is 7.72. The molecule has 0 aromatic rings. The van der Waals surface area contributed by atoms with Crippen molar-refractivity contribution in [3.8, 4) is 0 Å². The molecule has 0 radical (unpaired) electrons. The number of hydrogen-bond acceptors (Lipinski definition) is 3. The molecular weight excluding hydrogens is 171 g/mol. The van der Waals surface area contributed by atoms with Crippen LogP contribution in [-0.2, 0) is 0 Å². The number of hydrogen-bond donors (Lipinski definition) is 2. The van der Waals surface area contributed by atoms with Gasteiger partial charge in [0.15, 0.2) is 0 Å². The topological polar surface area (TPSA) is 20.2 Å². The zero-order valence-electron chi connectivity index (χ0n) is 6.01. The molecule has 62 valence electrons. The maximum Gasteiger partial charge on any atom is 0.110 e. The zero-order chi connectivity index (χ0) is 8.04. The molecular formula is C6H13FOS2. The van der Waals surface area contributed by atoms with E-state index in [1.54, 1.807) is 6.92 Å². The molecule has 0 spiro atoms. The van der Waals surface area contributed by atoms with Crippen molar-refractivity contribution in [1.82, 2.24) is 0 Å². The summed E-state index contributed by atoms with van der Waals surface area (Å²) in [4.78, 5) is -0.905. The molecule has 0 heterocycles. The summed E-state index contributed by atoms with van der Waals surface area (Å²) in [6.07, 6.45) is 0.200. The molecule has 1 unspecified atom stereocenters. The molecule has 0 saturated carbocycles. The fraction of sp³-hybridized carbons (Fsp3) is 1.00. The van der Waals surface area contributed by atoms with Crippen LogP contribution in [0.5, 0.6) is 0 Å². The van der Waals surface area contributed by atoms with Crippen LogP contribution in [0.25, 0.3) is 0 Å². The first kappa shape index (κ1) is 10.6. The molecule has 1 N–H and O–H groups in total. The van der Waals surface area contributed by atoms with Crippen LogP contribution >= 0.6 is 24.4 Å². The quantitative estimate of drug-likeness (QED) is 0.501. The van der Waals surface area contributed by atoms with E-state index in [2.05, 4.69) is 12.6 Å². The summed E-state index contributed by atoms with van der Waals surface area (Å²) in [7, 11) is 0. The molecule has 0 saturated heterocycles. The van der Waals surface area contributed by atoms with Crippen molar-refractivity contribution in [2.24, 2.45) is 0 Å². The second-order valence-corrected chi connectivity index (χ2v) is 4.21. The maximum absolute atomic E-state index is 11.7. The summed E-state index contributed by atoms with van der Waals surface area (Å²) >= 11 is 5.32. The van der Waals surface area contributed by atoms with Crippen molar-refractivity contribution in [2.75, 3.05) is 18.2 Å². The van der Waals surface area contributed by atoms with Crippen LogP contribution in [0.1, 0.15) is 13.3 Å². The Labute approximate surface area is 70.8 Å². The number of rotatable bonds is 5. The van der Waals surface area contributed by atoms with Gasteiger partial charge in [0.1, 0.15) is 4.93 Å². The highest BCUT2D eigenvalue weighted by Crippen LogP contribution is 2.25. The average Bonchev–Trinajstić information content (AvgIpc) is 1.84. The Morgan fingerprint density at radius 3 is 2.70 bits per heavy atom. The molecule has 0 aromatic heterocycles. The molecule has 4 heteroatoms. The predicted octanol–water partition coefficient (Wildman–Crippen LogP) is 1.72. The van der Waals surface area contributed by atoms with Crippen LogP contribution in [0.3, 0.4) is 0 Å².